The number of guanidine groups is 1. The number of hydrogen-bond acceptors (Lipinski definition) is 3. The fourth-order valence-corrected chi connectivity index (χ4v) is 3.93. The first-order chi connectivity index (χ1) is 15.1. The van der Waals surface area contributed by atoms with Gasteiger partial charge in [0, 0.05) is 19.5 Å². The Kier molecular flexibility index (Phi) is 6.17. The van der Waals surface area contributed by atoms with Crippen LogP contribution in [0.1, 0.15) is 29.2 Å². The summed E-state index contributed by atoms with van der Waals surface area (Å²) in [7, 11) is 0. The molecule has 3 aromatic carbocycles. The van der Waals surface area contributed by atoms with Crippen LogP contribution in [0.25, 0.3) is 0 Å². The molecule has 0 radical (unpaired) electrons. The summed E-state index contributed by atoms with van der Waals surface area (Å²) in [6.07, 6.45) is 0.605. The van der Waals surface area contributed by atoms with Gasteiger partial charge in [-0.3, -0.25) is 4.79 Å². The van der Waals surface area contributed by atoms with Gasteiger partial charge in [-0.05, 0) is 55.2 Å². The van der Waals surface area contributed by atoms with Gasteiger partial charge >= 0.3 is 0 Å². The molecule has 0 spiro atoms. The molecule has 0 bridgehead atoms. The summed E-state index contributed by atoms with van der Waals surface area (Å²) in [6, 6.07) is 26.2. The molecule has 0 saturated heterocycles. The quantitative estimate of drug-likeness (QED) is 0.563. The molecule has 0 aliphatic carbocycles. The van der Waals surface area contributed by atoms with E-state index in [1.807, 2.05) is 47.4 Å². The second-order valence-corrected chi connectivity index (χ2v) is 8.08. The van der Waals surface area contributed by atoms with Crippen LogP contribution in [0, 0.1) is 13.8 Å². The smallest absolute Gasteiger partial charge is 0.259 e. The molecule has 0 N–H and O–H groups in total. The third-order valence-electron chi connectivity index (χ3n) is 5.88. The Morgan fingerprint density at radius 3 is 2.13 bits per heavy atom. The average Bonchev–Trinajstić information content (AvgIpc) is 3.11. The van der Waals surface area contributed by atoms with Gasteiger partial charge in [0.1, 0.15) is 6.04 Å². The maximum Gasteiger partial charge on any atom is 0.259 e. The van der Waals surface area contributed by atoms with Crippen LogP contribution >= 0.6 is 0 Å². The van der Waals surface area contributed by atoms with Crippen molar-refractivity contribution in [1.29, 1.82) is 0 Å². The number of hydrogen-bond donors (Lipinski definition) is 0. The van der Waals surface area contributed by atoms with Crippen LogP contribution in [0.3, 0.4) is 0 Å². The van der Waals surface area contributed by atoms with E-state index in [0.717, 1.165) is 23.8 Å². The Hall–Kier alpha value is -3.40. The van der Waals surface area contributed by atoms with Crippen molar-refractivity contribution in [2.45, 2.75) is 39.8 Å². The second kappa shape index (κ2) is 9.17. The minimum absolute atomic E-state index is 0.0358. The van der Waals surface area contributed by atoms with Gasteiger partial charge < -0.3 is 4.90 Å². The molecule has 1 atom stereocenters. The molecule has 3 aromatic rings. The normalized spacial score (nSPS) is 15.8. The Morgan fingerprint density at radius 2 is 1.52 bits per heavy atom. The molecule has 1 aliphatic heterocycles. The van der Waals surface area contributed by atoms with E-state index in [9.17, 15) is 4.79 Å². The Morgan fingerprint density at radius 1 is 0.871 bits per heavy atom. The number of amides is 1. The van der Waals surface area contributed by atoms with Crippen LogP contribution in [0.15, 0.2) is 83.9 Å². The molecule has 1 aliphatic rings. The fourth-order valence-electron chi connectivity index (χ4n) is 3.93. The maximum absolute atomic E-state index is 13.6. The average molecular weight is 412 g/mol. The number of aliphatic imine (C=N–C) groups is 1. The van der Waals surface area contributed by atoms with Crippen LogP contribution in [-0.4, -0.2) is 29.4 Å². The summed E-state index contributed by atoms with van der Waals surface area (Å²) >= 11 is 0. The third kappa shape index (κ3) is 4.53. The van der Waals surface area contributed by atoms with Gasteiger partial charge in [-0.1, -0.05) is 66.7 Å². The minimum atomic E-state index is -0.413. The lowest BCUT2D eigenvalue weighted by Crippen LogP contribution is -2.44. The molecular weight excluding hydrogens is 382 g/mol. The van der Waals surface area contributed by atoms with E-state index in [1.54, 1.807) is 0 Å². The summed E-state index contributed by atoms with van der Waals surface area (Å²) in [6.45, 7) is 7.76. The van der Waals surface area contributed by atoms with Crippen molar-refractivity contribution < 1.29 is 4.79 Å². The van der Waals surface area contributed by atoms with E-state index in [0.29, 0.717) is 13.0 Å². The highest BCUT2D eigenvalue weighted by Gasteiger charge is 2.38. The van der Waals surface area contributed by atoms with Gasteiger partial charge in [0.15, 0.2) is 0 Å². The van der Waals surface area contributed by atoms with Crippen LogP contribution in [0.2, 0.25) is 0 Å². The lowest BCUT2D eigenvalue weighted by molar-refractivity contribution is -0.118. The van der Waals surface area contributed by atoms with Crippen molar-refractivity contribution in [1.82, 2.24) is 4.90 Å². The first-order valence-corrected chi connectivity index (χ1v) is 10.9. The highest BCUT2D eigenvalue weighted by Crippen LogP contribution is 2.27. The molecule has 4 heteroatoms. The number of benzene rings is 3. The summed E-state index contributed by atoms with van der Waals surface area (Å²) in [5.41, 5.74) is 5.59. The molecule has 4 nitrogen and oxygen atoms in total. The predicted octanol–water partition coefficient (Wildman–Crippen LogP) is 5.14. The number of anilines is 1. The Bertz CT molecular complexity index is 1080. The van der Waals surface area contributed by atoms with E-state index in [1.165, 1.54) is 16.7 Å². The van der Waals surface area contributed by atoms with Gasteiger partial charge in [-0.25, -0.2) is 9.89 Å². The highest BCUT2D eigenvalue weighted by atomic mass is 16.2. The molecule has 0 aromatic heterocycles. The monoisotopic (exact) mass is 411 g/mol. The van der Waals surface area contributed by atoms with E-state index < -0.39 is 6.04 Å². The zero-order valence-electron chi connectivity index (χ0n) is 18.5. The van der Waals surface area contributed by atoms with Crippen molar-refractivity contribution in [3.8, 4) is 0 Å². The number of nitrogens with zero attached hydrogens (tertiary/aromatic N) is 3. The summed E-state index contributed by atoms with van der Waals surface area (Å²) in [4.78, 5) is 22.5. The molecule has 158 valence electrons. The first kappa shape index (κ1) is 20.9. The van der Waals surface area contributed by atoms with Gasteiger partial charge in [0.05, 0.1) is 5.69 Å². The van der Waals surface area contributed by atoms with E-state index >= 15 is 0 Å². The number of carbonyl (C=O) groups is 1. The van der Waals surface area contributed by atoms with Gasteiger partial charge in [0.2, 0.25) is 5.96 Å². The molecule has 1 heterocycles. The Balaban J connectivity index is 1.70. The molecular formula is C27H29N3O. The molecule has 0 fully saturated rings. The summed E-state index contributed by atoms with van der Waals surface area (Å²) in [5.74, 6) is 0.772. The molecule has 1 amide bonds. The standard InChI is InChI=1S/C27H29N3O/c1-4-29(19-23-13-9-6-10-14-23)27-28-25(18-22-11-7-5-8-12-22)26(31)30(27)24-16-15-20(2)21(3)17-24/h5-17,25H,4,18-19H2,1-3H3. The largest absolute Gasteiger partial charge is 0.338 e. The highest BCUT2D eigenvalue weighted by molar-refractivity contribution is 6.22. The SMILES string of the molecule is CCN(Cc1ccccc1)C1=NC(Cc2ccccc2)C(=O)N1c1ccc(C)c(C)c1. The molecule has 31 heavy (non-hydrogen) atoms. The molecule has 1 unspecified atom stereocenters. The zero-order valence-corrected chi connectivity index (χ0v) is 18.5. The number of carbonyl (C=O) groups excluding carboxylic acids is 1. The van der Waals surface area contributed by atoms with E-state index in [-0.39, 0.29) is 5.91 Å². The lowest BCUT2D eigenvalue weighted by atomic mass is 10.1. The first-order valence-electron chi connectivity index (χ1n) is 10.9. The van der Waals surface area contributed by atoms with Crippen molar-refractivity contribution in [2.24, 2.45) is 4.99 Å². The van der Waals surface area contributed by atoms with Gasteiger partial charge in [-0.15, -0.1) is 0 Å². The van der Waals surface area contributed by atoms with Crippen LogP contribution < -0.4 is 4.90 Å². The van der Waals surface area contributed by atoms with Gasteiger partial charge in [-0.2, -0.15) is 0 Å². The number of aryl methyl sites for hydroxylation is 2. The minimum Gasteiger partial charge on any atom is -0.338 e. The Labute approximate surface area is 184 Å². The van der Waals surface area contributed by atoms with Crippen molar-refractivity contribution >= 4 is 17.6 Å². The topological polar surface area (TPSA) is 35.9 Å². The third-order valence-corrected chi connectivity index (χ3v) is 5.88. The molecule has 0 saturated carbocycles. The van der Waals surface area contributed by atoms with E-state index in [4.69, 9.17) is 4.99 Å². The maximum atomic E-state index is 13.6. The van der Waals surface area contributed by atoms with Crippen molar-refractivity contribution in [3.05, 3.63) is 101 Å². The van der Waals surface area contributed by atoms with E-state index in [2.05, 4.69) is 62.1 Å². The molecule has 4 rings (SSSR count). The fraction of sp³-hybridized carbons (Fsp3) is 0.259. The lowest BCUT2D eigenvalue weighted by Gasteiger charge is -2.29. The van der Waals surface area contributed by atoms with Crippen molar-refractivity contribution in [2.75, 3.05) is 11.4 Å². The van der Waals surface area contributed by atoms with Crippen LogP contribution in [-0.2, 0) is 17.8 Å². The number of rotatable bonds is 6. The van der Waals surface area contributed by atoms with Crippen LogP contribution in [0.5, 0.6) is 0 Å². The zero-order chi connectivity index (χ0) is 21.8. The summed E-state index contributed by atoms with van der Waals surface area (Å²) in [5, 5.41) is 0. The van der Waals surface area contributed by atoms with Crippen molar-refractivity contribution in [3.63, 3.8) is 0 Å². The predicted molar refractivity (Wildman–Crippen MR) is 127 cm³/mol. The summed E-state index contributed by atoms with van der Waals surface area (Å²) < 4.78 is 0. The second-order valence-electron chi connectivity index (χ2n) is 8.08. The van der Waals surface area contributed by atoms with Gasteiger partial charge in [0.25, 0.3) is 5.91 Å². The van der Waals surface area contributed by atoms with Crippen LogP contribution in [0.4, 0.5) is 5.69 Å².